The highest BCUT2D eigenvalue weighted by atomic mass is 35.5. The zero-order valence-corrected chi connectivity index (χ0v) is 22.8. The van der Waals surface area contributed by atoms with Gasteiger partial charge in [0, 0.05) is 11.1 Å². The van der Waals surface area contributed by atoms with Crippen LogP contribution in [-0.4, -0.2) is 25.8 Å². The maximum Gasteiger partial charge on any atom is 0.271 e. The lowest BCUT2D eigenvalue weighted by Gasteiger charge is -2.14. The summed E-state index contributed by atoms with van der Waals surface area (Å²) in [6.07, 6.45) is 1.43. The van der Waals surface area contributed by atoms with Crippen LogP contribution in [0.5, 0.6) is 23.0 Å². The molecule has 0 saturated carbocycles. The minimum atomic E-state index is -0.440. The molecule has 1 amide bonds. The Morgan fingerprint density at radius 1 is 0.900 bits per heavy atom. The average molecular weight is 563 g/mol. The second kappa shape index (κ2) is 14.0. The first-order chi connectivity index (χ1) is 19.5. The molecule has 0 fully saturated rings. The van der Waals surface area contributed by atoms with E-state index in [-0.39, 0.29) is 23.2 Å². The molecule has 206 valence electrons. The molecule has 7 nitrogen and oxygen atoms in total. The Balaban J connectivity index is 1.41. The van der Waals surface area contributed by atoms with Gasteiger partial charge in [0.15, 0.2) is 23.0 Å². The average Bonchev–Trinajstić information content (AvgIpc) is 2.97. The molecule has 0 atom stereocenters. The molecule has 0 saturated heterocycles. The minimum absolute atomic E-state index is 0.0183. The maximum atomic E-state index is 14.0. The minimum Gasteiger partial charge on any atom is -0.493 e. The lowest BCUT2D eigenvalue weighted by molar-refractivity contribution is 0.0954. The van der Waals surface area contributed by atoms with E-state index in [0.717, 1.165) is 5.56 Å². The first-order valence-corrected chi connectivity index (χ1v) is 12.9. The fourth-order valence-electron chi connectivity index (χ4n) is 3.72. The number of benzene rings is 4. The summed E-state index contributed by atoms with van der Waals surface area (Å²) in [5.74, 6) is 0.784. The highest BCUT2D eigenvalue weighted by molar-refractivity contribution is 6.32. The van der Waals surface area contributed by atoms with Gasteiger partial charge in [0.1, 0.15) is 19.0 Å². The van der Waals surface area contributed by atoms with Gasteiger partial charge in [-0.3, -0.25) is 4.79 Å². The number of halogens is 2. The highest BCUT2D eigenvalue weighted by Crippen LogP contribution is 2.37. The largest absolute Gasteiger partial charge is 0.493 e. The molecular formula is C31H28ClFN2O5. The first kappa shape index (κ1) is 28.4. The van der Waals surface area contributed by atoms with Crippen LogP contribution in [0.1, 0.15) is 34.0 Å². The van der Waals surface area contributed by atoms with Gasteiger partial charge < -0.3 is 18.9 Å². The SMILES string of the molecule is CCOc1cc(/C=N/NC(=O)c2ccc(OCc3ccccc3)c(OC)c2)cc(Cl)c1OCc1ccccc1F. The van der Waals surface area contributed by atoms with Crippen LogP contribution < -0.4 is 24.4 Å². The predicted octanol–water partition coefficient (Wildman–Crippen LogP) is 6.81. The van der Waals surface area contributed by atoms with E-state index in [1.807, 2.05) is 37.3 Å². The molecule has 0 aromatic heterocycles. The fraction of sp³-hybridized carbons (Fsp3) is 0.161. The van der Waals surface area contributed by atoms with E-state index in [2.05, 4.69) is 10.5 Å². The fourth-order valence-corrected chi connectivity index (χ4v) is 4.00. The molecule has 0 aliphatic carbocycles. The van der Waals surface area contributed by atoms with Crippen molar-refractivity contribution in [2.45, 2.75) is 20.1 Å². The maximum absolute atomic E-state index is 14.0. The molecule has 9 heteroatoms. The van der Waals surface area contributed by atoms with Crippen molar-refractivity contribution in [2.75, 3.05) is 13.7 Å². The number of amides is 1. The topological polar surface area (TPSA) is 78.4 Å². The molecule has 0 radical (unpaired) electrons. The van der Waals surface area contributed by atoms with Crippen molar-refractivity contribution in [2.24, 2.45) is 5.10 Å². The smallest absolute Gasteiger partial charge is 0.271 e. The summed E-state index contributed by atoms with van der Waals surface area (Å²) >= 11 is 6.45. The van der Waals surface area contributed by atoms with E-state index >= 15 is 0 Å². The van der Waals surface area contributed by atoms with E-state index in [4.69, 9.17) is 30.5 Å². The third kappa shape index (κ3) is 7.51. The van der Waals surface area contributed by atoms with Crippen molar-refractivity contribution in [3.8, 4) is 23.0 Å². The van der Waals surface area contributed by atoms with Gasteiger partial charge >= 0.3 is 0 Å². The first-order valence-electron chi connectivity index (χ1n) is 12.5. The third-order valence-corrected chi connectivity index (χ3v) is 5.98. The summed E-state index contributed by atoms with van der Waals surface area (Å²) in [6, 6.07) is 24.2. The lowest BCUT2D eigenvalue weighted by Crippen LogP contribution is -2.17. The quantitative estimate of drug-likeness (QED) is 0.152. The van der Waals surface area contributed by atoms with E-state index < -0.39 is 5.91 Å². The van der Waals surface area contributed by atoms with Crippen LogP contribution in [-0.2, 0) is 13.2 Å². The van der Waals surface area contributed by atoms with Crippen molar-refractivity contribution < 1.29 is 28.1 Å². The summed E-state index contributed by atoms with van der Waals surface area (Å²) in [4.78, 5) is 12.7. The van der Waals surface area contributed by atoms with Gasteiger partial charge in [0.05, 0.1) is 25.0 Å². The van der Waals surface area contributed by atoms with Gasteiger partial charge in [-0.05, 0) is 54.4 Å². The van der Waals surface area contributed by atoms with Crippen molar-refractivity contribution >= 4 is 23.7 Å². The lowest BCUT2D eigenvalue weighted by atomic mass is 10.2. The Morgan fingerprint density at radius 2 is 1.68 bits per heavy atom. The Kier molecular flexibility index (Phi) is 9.96. The number of ether oxygens (including phenoxy) is 4. The molecule has 0 bridgehead atoms. The van der Waals surface area contributed by atoms with E-state index in [1.54, 1.807) is 48.5 Å². The van der Waals surface area contributed by atoms with E-state index in [1.165, 1.54) is 19.4 Å². The van der Waals surface area contributed by atoms with Gasteiger partial charge in [-0.25, -0.2) is 9.82 Å². The third-order valence-electron chi connectivity index (χ3n) is 5.70. The van der Waals surface area contributed by atoms with Crippen LogP contribution in [0.15, 0.2) is 90.0 Å². The van der Waals surface area contributed by atoms with E-state index in [0.29, 0.717) is 47.2 Å². The van der Waals surface area contributed by atoms with Crippen LogP contribution in [0, 0.1) is 5.82 Å². The normalized spacial score (nSPS) is 10.8. The number of hydrazone groups is 1. The van der Waals surface area contributed by atoms with Crippen LogP contribution in [0.4, 0.5) is 4.39 Å². The molecule has 1 N–H and O–H groups in total. The Labute approximate surface area is 237 Å². The number of carbonyl (C=O) groups is 1. The standard InChI is InChI=1S/C31H28ClFN2O5/c1-3-38-29-16-22(15-25(32)30(29)40-20-24-11-7-8-12-26(24)33)18-34-35-31(36)23-13-14-27(28(17-23)37-2)39-19-21-9-5-4-6-10-21/h4-18H,3,19-20H2,1-2H3,(H,35,36)/b34-18+. The monoisotopic (exact) mass is 562 g/mol. The van der Waals surface area contributed by atoms with Gasteiger partial charge in [0.25, 0.3) is 5.91 Å². The van der Waals surface area contributed by atoms with Gasteiger partial charge in [0.2, 0.25) is 0 Å². The molecule has 0 aliphatic heterocycles. The summed E-state index contributed by atoms with van der Waals surface area (Å²) in [6.45, 7) is 2.53. The molecule has 4 rings (SSSR count). The number of methoxy groups -OCH3 is 1. The molecule has 0 unspecified atom stereocenters. The number of nitrogens with one attached hydrogen (secondary N) is 1. The summed E-state index contributed by atoms with van der Waals surface area (Å²) in [5, 5.41) is 4.30. The molecule has 4 aromatic carbocycles. The molecule has 4 aromatic rings. The van der Waals surface area contributed by atoms with Crippen LogP contribution in [0.25, 0.3) is 0 Å². The predicted molar refractivity (Wildman–Crippen MR) is 152 cm³/mol. The van der Waals surface area contributed by atoms with Gasteiger partial charge in [-0.1, -0.05) is 60.1 Å². The van der Waals surface area contributed by atoms with E-state index in [9.17, 15) is 9.18 Å². The second-order valence-electron chi connectivity index (χ2n) is 8.48. The second-order valence-corrected chi connectivity index (χ2v) is 8.89. The molecule has 40 heavy (non-hydrogen) atoms. The number of nitrogens with zero attached hydrogens (tertiary/aromatic N) is 1. The summed E-state index contributed by atoms with van der Waals surface area (Å²) in [7, 11) is 1.51. The number of rotatable bonds is 12. The van der Waals surface area contributed by atoms with Crippen molar-refractivity contribution in [1.82, 2.24) is 5.43 Å². The van der Waals surface area contributed by atoms with Gasteiger partial charge in [-0.15, -0.1) is 0 Å². The number of hydrogen-bond acceptors (Lipinski definition) is 6. The zero-order valence-electron chi connectivity index (χ0n) is 22.0. The van der Waals surface area contributed by atoms with Crippen molar-refractivity contribution in [3.63, 3.8) is 0 Å². The summed E-state index contributed by atoms with van der Waals surface area (Å²) < 4.78 is 36.7. The molecule has 0 aliphatic rings. The Bertz CT molecular complexity index is 1480. The Hall–Kier alpha value is -4.56. The summed E-state index contributed by atoms with van der Waals surface area (Å²) in [5.41, 5.74) is 4.80. The molecule has 0 spiro atoms. The van der Waals surface area contributed by atoms with Crippen LogP contribution in [0.3, 0.4) is 0 Å². The van der Waals surface area contributed by atoms with Crippen molar-refractivity contribution in [1.29, 1.82) is 0 Å². The van der Waals surface area contributed by atoms with Crippen LogP contribution in [0.2, 0.25) is 5.02 Å². The number of carbonyl (C=O) groups excluding carboxylic acids is 1. The highest BCUT2D eigenvalue weighted by Gasteiger charge is 2.14. The molecule has 0 heterocycles. The Morgan fingerprint density at radius 3 is 2.42 bits per heavy atom. The zero-order chi connectivity index (χ0) is 28.3. The number of hydrogen-bond donors (Lipinski definition) is 1. The van der Waals surface area contributed by atoms with Crippen LogP contribution >= 0.6 is 11.6 Å². The molecular weight excluding hydrogens is 535 g/mol. The van der Waals surface area contributed by atoms with Gasteiger partial charge in [-0.2, -0.15) is 5.10 Å². The van der Waals surface area contributed by atoms with Crippen molar-refractivity contribution in [3.05, 3.63) is 118 Å².